The van der Waals surface area contributed by atoms with Gasteiger partial charge in [-0.05, 0) is 12.1 Å². The van der Waals surface area contributed by atoms with Crippen LogP contribution in [0.5, 0.6) is 0 Å². The Morgan fingerprint density at radius 1 is 1.12 bits per heavy atom. The molecule has 1 unspecified atom stereocenters. The quantitative estimate of drug-likeness (QED) is 0.408. The number of hydrogen-bond acceptors (Lipinski definition) is 8. The summed E-state index contributed by atoms with van der Waals surface area (Å²) in [6.07, 6.45) is 1.30. The molecule has 1 aromatic carbocycles. The number of carbonyl (C=O) groups excluding carboxylic acids is 3. The number of benzene rings is 1. The molecule has 0 saturated carbocycles. The fraction of sp³-hybridized carbons (Fsp3) is 0.333. The highest BCUT2D eigenvalue weighted by atomic mass is 16.6. The molecule has 2 fully saturated rings. The van der Waals surface area contributed by atoms with E-state index in [1.165, 1.54) is 19.7 Å². The van der Waals surface area contributed by atoms with Crippen LogP contribution >= 0.6 is 0 Å². The summed E-state index contributed by atoms with van der Waals surface area (Å²) in [5.74, 6) is -0.344. The molecule has 2 aliphatic rings. The topological polar surface area (TPSA) is 161 Å². The predicted molar refractivity (Wildman–Crippen MR) is 119 cm³/mol. The first-order valence-corrected chi connectivity index (χ1v) is 10.6. The van der Waals surface area contributed by atoms with E-state index < -0.39 is 24.5 Å². The lowest BCUT2D eigenvalue weighted by Crippen LogP contribution is -2.40. The zero-order valence-electron chi connectivity index (χ0n) is 18.1. The number of urea groups is 2. The van der Waals surface area contributed by atoms with Crippen LogP contribution in [0.3, 0.4) is 0 Å². The van der Waals surface area contributed by atoms with Crippen LogP contribution in [0.2, 0.25) is 0 Å². The van der Waals surface area contributed by atoms with Gasteiger partial charge in [0, 0.05) is 25.2 Å². The molecule has 0 spiro atoms. The summed E-state index contributed by atoms with van der Waals surface area (Å²) in [6.45, 7) is 0.210. The maximum absolute atomic E-state index is 12.4. The van der Waals surface area contributed by atoms with Crippen LogP contribution in [0.25, 0.3) is 11.2 Å². The molecule has 2 saturated heterocycles. The van der Waals surface area contributed by atoms with E-state index in [1.54, 1.807) is 16.7 Å². The van der Waals surface area contributed by atoms with Gasteiger partial charge in [-0.25, -0.2) is 24.5 Å². The van der Waals surface area contributed by atoms with E-state index in [4.69, 9.17) is 9.47 Å². The minimum absolute atomic E-state index is 0.190. The molecule has 3 aromatic rings. The van der Waals surface area contributed by atoms with Gasteiger partial charge < -0.3 is 25.4 Å². The van der Waals surface area contributed by atoms with Crippen molar-refractivity contribution in [2.75, 3.05) is 24.2 Å². The predicted octanol–water partition coefficient (Wildman–Crippen LogP) is 1.23. The number of anilines is 2. The Morgan fingerprint density at radius 3 is 2.74 bits per heavy atom. The minimum atomic E-state index is -0.696. The van der Waals surface area contributed by atoms with Crippen LogP contribution in [0, 0.1) is 5.92 Å². The highest BCUT2D eigenvalue weighted by Gasteiger charge is 2.53. The summed E-state index contributed by atoms with van der Waals surface area (Å²) in [4.78, 5) is 48.9. The molecule has 4 amide bonds. The van der Waals surface area contributed by atoms with Crippen molar-refractivity contribution in [2.45, 2.75) is 24.9 Å². The van der Waals surface area contributed by atoms with Crippen molar-refractivity contribution >= 4 is 40.7 Å². The number of rotatable bonds is 5. The Bertz CT molecular complexity index is 1230. The van der Waals surface area contributed by atoms with E-state index >= 15 is 0 Å². The first kappa shape index (κ1) is 21.6. The van der Waals surface area contributed by atoms with Crippen LogP contribution in [-0.2, 0) is 14.3 Å². The van der Waals surface area contributed by atoms with E-state index in [0.29, 0.717) is 16.9 Å². The van der Waals surface area contributed by atoms with Crippen molar-refractivity contribution in [1.29, 1.82) is 0 Å². The lowest BCUT2D eigenvalue weighted by Gasteiger charge is -2.19. The van der Waals surface area contributed by atoms with Crippen LogP contribution in [0.1, 0.15) is 12.6 Å². The Balaban J connectivity index is 1.37. The van der Waals surface area contributed by atoms with E-state index in [9.17, 15) is 14.4 Å². The molecular weight excluding hydrogens is 444 g/mol. The number of fused-ring (bicyclic) bond motifs is 2. The number of amides is 4. The normalized spacial score (nSPS) is 23.3. The summed E-state index contributed by atoms with van der Waals surface area (Å²) < 4.78 is 13.3. The van der Waals surface area contributed by atoms with Crippen LogP contribution in [0.15, 0.2) is 43.0 Å². The van der Waals surface area contributed by atoms with Gasteiger partial charge in [-0.2, -0.15) is 0 Å². The number of nitrogens with one attached hydrogen (secondary N) is 4. The SMILES string of the molecule is CNC(=O)NC[C@H]1O[C@@H](n2cnc3c(NC(=O)Nc4ccccc4)ncnc32)C2OC(=O)C[C@H]21. The van der Waals surface area contributed by atoms with Gasteiger partial charge in [0.2, 0.25) is 0 Å². The molecule has 176 valence electrons. The van der Waals surface area contributed by atoms with Crippen molar-refractivity contribution in [3.63, 3.8) is 0 Å². The second-order valence-electron chi connectivity index (χ2n) is 7.84. The molecule has 2 aliphatic heterocycles. The number of ether oxygens (including phenoxy) is 2. The number of aromatic nitrogens is 4. The fourth-order valence-corrected chi connectivity index (χ4v) is 4.19. The summed E-state index contributed by atoms with van der Waals surface area (Å²) in [5, 5.41) is 10.6. The zero-order valence-corrected chi connectivity index (χ0v) is 18.1. The van der Waals surface area contributed by atoms with Gasteiger partial charge in [-0.3, -0.25) is 14.7 Å². The highest BCUT2D eigenvalue weighted by molar-refractivity contribution is 6.02. The molecule has 5 rings (SSSR count). The standard InChI is InChI=1S/C21H22N8O5/c1-22-20(31)23-8-13-12-7-14(30)34-16(12)19(33-13)29-10-26-15-17(24-9-25-18(15)29)28-21(32)27-11-5-3-2-4-6-11/h2-6,9-10,12-13,16,19H,7-8H2,1H3,(H2,22,23,31)(H2,24,25,27,28,32)/t12-,13+,16?,19+/m0/s1. The number of carbonyl (C=O) groups is 3. The molecule has 4 heterocycles. The Morgan fingerprint density at radius 2 is 1.94 bits per heavy atom. The van der Waals surface area contributed by atoms with Crippen molar-refractivity contribution in [2.24, 2.45) is 5.92 Å². The number of esters is 1. The van der Waals surface area contributed by atoms with Gasteiger partial charge in [-0.15, -0.1) is 0 Å². The average Bonchev–Trinajstić information content (AvgIpc) is 3.52. The summed E-state index contributed by atoms with van der Waals surface area (Å²) in [5.41, 5.74) is 1.37. The van der Waals surface area contributed by atoms with E-state index in [0.717, 1.165) is 0 Å². The molecule has 13 heteroatoms. The Hall–Kier alpha value is -4.26. The Labute approximate surface area is 193 Å². The van der Waals surface area contributed by atoms with Crippen molar-refractivity contribution in [3.8, 4) is 0 Å². The molecular formula is C21H22N8O5. The van der Waals surface area contributed by atoms with Crippen LogP contribution < -0.4 is 21.3 Å². The van der Waals surface area contributed by atoms with Crippen molar-refractivity contribution in [1.82, 2.24) is 30.2 Å². The number of imidazole rings is 1. The third-order valence-electron chi connectivity index (χ3n) is 5.75. The third kappa shape index (κ3) is 4.08. The molecule has 0 radical (unpaired) electrons. The first-order chi connectivity index (χ1) is 16.5. The smallest absolute Gasteiger partial charge is 0.324 e. The maximum Gasteiger partial charge on any atom is 0.324 e. The molecule has 4 N–H and O–H groups in total. The van der Waals surface area contributed by atoms with Gasteiger partial charge >= 0.3 is 18.0 Å². The highest BCUT2D eigenvalue weighted by Crippen LogP contribution is 2.43. The van der Waals surface area contributed by atoms with E-state index in [-0.39, 0.29) is 36.7 Å². The van der Waals surface area contributed by atoms with Gasteiger partial charge in [0.1, 0.15) is 6.33 Å². The van der Waals surface area contributed by atoms with Crippen LogP contribution in [0.4, 0.5) is 21.1 Å². The average molecular weight is 466 g/mol. The fourth-order valence-electron chi connectivity index (χ4n) is 4.19. The third-order valence-corrected chi connectivity index (χ3v) is 5.75. The lowest BCUT2D eigenvalue weighted by molar-refractivity contribution is -0.148. The van der Waals surface area contributed by atoms with Crippen LogP contribution in [-0.4, -0.2) is 63.4 Å². The van der Waals surface area contributed by atoms with E-state index in [1.807, 2.05) is 18.2 Å². The second kappa shape index (κ2) is 8.94. The van der Waals surface area contributed by atoms with Gasteiger partial charge in [0.05, 0.1) is 18.9 Å². The maximum atomic E-state index is 12.4. The number of hydrogen-bond donors (Lipinski definition) is 4. The monoisotopic (exact) mass is 466 g/mol. The Kier molecular flexibility index (Phi) is 5.67. The first-order valence-electron chi connectivity index (χ1n) is 10.6. The summed E-state index contributed by atoms with van der Waals surface area (Å²) in [6, 6.07) is 8.15. The van der Waals surface area contributed by atoms with Crippen molar-refractivity contribution in [3.05, 3.63) is 43.0 Å². The summed E-state index contributed by atoms with van der Waals surface area (Å²) in [7, 11) is 1.52. The van der Waals surface area contributed by atoms with Crippen molar-refractivity contribution < 1.29 is 23.9 Å². The lowest BCUT2D eigenvalue weighted by atomic mass is 9.97. The molecule has 0 aliphatic carbocycles. The van der Waals surface area contributed by atoms with E-state index in [2.05, 4.69) is 36.2 Å². The summed E-state index contributed by atoms with van der Waals surface area (Å²) >= 11 is 0. The largest absolute Gasteiger partial charge is 0.457 e. The van der Waals surface area contributed by atoms with Gasteiger partial charge in [-0.1, -0.05) is 18.2 Å². The molecule has 13 nitrogen and oxygen atoms in total. The molecule has 34 heavy (non-hydrogen) atoms. The minimum Gasteiger partial charge on any atom is -0.457 e. The number of para-hydroxylation sites is 1. The van der Waals surface area contributed by atoms with Gasteiger partial charge in [0.25, 0.3) is 0 Å². The second-order valence-corrected chi connectivity index (χ2v) is 7.84. The molecule has 0 bridgehead atoms. The molecule has 4 atom stereocenters. The van der Waals surface area contributed by atoms with Gasteiger partial charge in [0.15, 0.2) is 29.3 Å². The number of nitrogens with zero attached hydrogens (tertiary/aromatic N) is 4. The zero-order chi connectivity index (χ0) is 23.7. The molecule has 2 aromatic heterocycles.